The SMILES string of the molecule is CC[C@@H]1/C=C(\C)C(O)[C@H](C)C[C@H](OC)C2O[C@@](O)(C(=O)C(=O)N3CCCC[C@H]3C(=O)O[C@H](/C(C)=C/[C@@H]3CC[C@@H](O)[C@H](OC)C3)[C@H](C)[C@@H](O)CC1=O)[C@H](C)C[C@@H]2OC. The first-order valence-corrected chi connectivity index (χ1v) is 20.9. The van der Waals surface area contributed by atoms with Crippen molar-refractivity contribution in [1.29, 1.82) is 0 Å². The largest absolute Gasteiger partial charge is 0.456 e. The topological polar surface area (TPSA) is 199 Å². The predicted octanol–water partition coefficient (Wildman–Crippen LogP) is 3.44. The number of fused-ring (bicyclic) bond motifs is 3. The maximum atomic E-state index is 14.3. The van der Waals surface area contributed by atoms with Gasteiger partial charge in [-0.1, -0.05) is 39.8 Å². The van der Waals surface area contributed by atoms with E-state index in [1.165, 1.54) is 14.2 Å². The Morgan fingerprint density at radius 3 is 2.19 bits per heavy atom. The number of cyclic esters (lactones) is 1. The molecule has 2 saturated heterocycles. The normalized spacial score (nSPS) is 42.4. The molecule has 2 bridgehead atoms. The highest BCUT2D eigenvalue weighted by atomic mass is 16.7. The van der Waals surface area contributed by atoms with Gasteiger partial charge in [-0.3, -0.25) is 14.4 Å². The molecule has 3 fully saturated rings. The van der Waals surface area contributed by atoms with Crippen molar-refractivity contribution in [1.82, 2.24) is 4.90 Å². The van der Waals surface area contributed by atoms with E-state index < -0.39 is 95.9 Å². The molecule has 324 valence electrons. The van der Waals surface area contributed by atoms with Gasteiger partial charge in [-0.25, -0.2) is 4.79 Å². The summed E-state index contributed by atoms with van der Waals surface area (Å²) in [6.07, 6.45) is 0.618. The standard InChI is InChI=1S/C43H69NO13/c1-10-29-18-23(2)37(48)24(3)19-35(54-8)39-36(55-9)20-26(5)43(52,57-39)40(49)41(50)44-16-12-11-13-30(44)42(51)56-38(27(6)32(46)22-33(29)47)25(4)17-28-14-15-31(45)34(21-28)53-7/h17-18,24,26-32,34-39,45-46,48,52H,10-16,19-22H2,1-9H3/b23-18+,25-17+/t24-,26-,27-,28+,29-,30+,31-,32+,34-,35+,36+,37?,38-,39?,43-/m1/s1. The molecule has 0 aromatic carbocycles. The Bertz CT molecular complexity index is 1470. The van der Waals surface area contributed by atoms with E-state index in [1.54, 1.807) is 40.9 Å². The summed E-state index contributed by atoms with van der Waals surface area (Å²) in [6, 6.07) is -1.16. The zero-order valence-electron chi connectivity index (χ0n) is 35.4. The Balaban J connectivity index is 1.79. The smallest absolute Gasteiger partial charge is 0.329 e. The summed E-state index contributed by atoms with van der Waals surface area (Å²) < 4.78 is 29.6. The zero-order chi connectivity index (χ0) is 42.4. The number of methoxy groups -OCH3 is 3. The lowest BCUT2D eigenvalue weighted by Crippen LogP contribution is -2.64. The van der Waals surface area contributed by atoms with Crippen molar-refractivity contribution in [3.05, 3.63) is 23.3 Å². The quantitative estimate of drug-likeness (QED) is 0.173. The van der Waals surface area contributed by atoms with Gasteiger partial charge < -0.3 is 49.0 Å². The van der Waals surface area contributed by atoms with E-state index >= 15 is 0 Å². The molecule has 14 heteroatoms. The maximum absolute atomic E-state index is 14.3. The maximum Gasteiger partial charge on any atom is 0.329 e. The molecule has 57 heavy (non-hydrogen) atoms. The van der Waals surface area contributed by atoms with E-state index in [4.69, 9.17) is 23.7 Å². The second kappa shape index (κ2) is 20.6. The molecule has 15 atom stereocenters. The molecule has 4 rings (SSSR count). The number of amides is 1. The van der Waals surface area contributed by atoms with E-state index in [0.717, 1.165) is 4.90 Å². The molecule has 1 amide bonds. The van der Waals surface area contributed by atoms with Gasteiger partial charge in [0, 0.05) is 52.0 Å². The Labute approximate surface area is 338 Å². The molecular weight excluding hydrogens is 738 g/mol. The summed E-state index contributed by atoms with van der Waals surface area (Å²) in [6.45, 7) is 10.6. The second-order valence-electron chi connectivity index (χ2n) is 17.2. The van der Waals surface area contributed by atoms with Gasteiger partial charge in [0.15, 0.2) is 0 Å². The van der Waals surface area contributed by atoms with Crippen LogP contribution in [0.1, 0.15) is 106 Å². The van der Waals surface area contributed by atoms with Crippen molar-refractivity contribution >= 4 is 23.4 Å². The number of esters is 1. The first-order chi connectivity index (χ1) is 26.9. The number of ether oxygens (including phenoxy) is 5. The number of nitrogens with zero attached hydrogens (tertiary/aromatic N) is 1. The number of rotatable bonds is 6. The van der Waals surface area contributed by atoms with Gasteiger partial charge in [0.2, 0.25) is 5.79 Å². The van der Waals surface area contributed by atoms with Crippen molar-refractivity contribution in [3.8, 4) is 0 Å². The molecular formula is C43H69NO13. The summed E-state index contributed by atoms with van der Waals surface area (Å²) in [7, 11) is 4.49. The van der Waals surface area contributed by atoms with Crippen molar-refractivity contribution in [2.75, 3.05) is 27.9 Å². The fourth-order valence-electron chi connectivity index (χ4n) is 9.31. The van der Waals surface area contributed by atoms with E-state index in [0.29, 0.717) is 49.7 Å². The van der Waals surface area contributed by atoms with E-state index in [2.05, 4.69) is 0 Å². The van der Waals surface area contributed by atoms with Crippen molar-refractivity contribution in [3.63, 3.8) is 0 Å². The molecule has 0 aromatic heterocycles. The Hall–Kier alpha value is -2.56. The fourth-order valence-corrected chi connectivity index (χ4v) is 9.31. The van der Waals surface area contributed by atoms with Crippen LogP contribution in [-0.2, 0) is 42.9 Å². The number of aliphatic hydroxyl groups excluding tert-OH is 3. The minimum atomic E-state index is -2.57. The van der Waals surface area contributed by atoms with E-state index in [9.17, 15) is 39.6 Å². The van der Waals surface area contributed by atoms with Crippen LogP contribution in [-0.4, -0.2) is 137 Å². The van der Waals surface area contributed by atoms with Crippen LogP contribution in [0.25, 0.3) is 0 Å². The van der Waals surface area contributed by atoms with Crippen molar-refractivity contribution < 1.29 is 63.3 Å². The van der Waals surface area contributed by atoms with Crippen molar-refractivity contribution in [2.45, 2.75) is 166 Å². The van der Waals surface area contributed by atoms with Crippen LogP contribution < -0.4 is 0 Å². The van der Waals surface area contributed by atoms with Gasteiger partial charge in [0.25, 0.3) is 11.7 Å². The zero-order valence-corrected chi connectivity index (χ0v) is 35.4. The summed E-state index contributed by atoms with van der Waals surface area (Å²) >= 11 is 0. The van der Waals surface area contributed by atoms with Crippen LogP contribution >= 0.6 is 0 Å². The molecule has 3 heterocycles. The molecule has 2 unspecified atom stereocenters. The van der Waals surface area contributed by atoms with Crippen LogP contribution in [0.5, 0.6) is 0 Å². The van der Waals surface area contributed by atoms with Gasteiger partial charge in [0.05, 0.1) is 36.6 Å². The second-order valence-corrected chi connectivity index (χ2v) is 17.2. The lowest BCUT2D eigenvalue weighted by molar-refractivity contribution is -0.302. The lowest BCUT2D eigenvalue weighted by Gasteiger charge is -2.47. The third kappa shape index (κ3) is 10.8. The van der Waals surface area contributed by atoms with E-state index in [-0.39, 0.29) is 50.0 Å². The highest BCUT2D eigenvalue weighted by Gasteiger charge is 2.56. The highest BCUT2D eigenvalue weighted by molar-refractivity contribution is 6.39. The molecule has 1 aliphatic carbocycles. The molecule has 0 radical (unpaired) electrons. The van der Waals surface area contributed by atoms with Crippen LogP contribution in [0.4, 0.5) is 0 Å². The average molecular weight is 808 g/mol. The Morgan fingerprint density at radius 2 is 1.56 bits per heavy atom. The summed E-state index contributed by atoms with van der Waals surface area (Å²) in [5.41, 5.74) is 1.19. The number of Topliss-reactive ketones (excluding diaryl/α,β-unsaturated/α-hetero) is 2. The third-order valence-corrected chi connectivity index (χ3v) is 13.2. The van der Waals surface area contributed by atoms with Gasteiger partial charge >= 0.3 is 5.97 Å². The van der Waals surface area contributed by atoms with Crippen LogP contribution in [0.2, 0.25) is 0 Å². The number of hydrogen-bond donors (Lipinski definition) is 4. The van der Waals surface area contributed by atoms with Gasteiger partial charge in [-0.05, 0) is 94.6 Å². The number of ketones is 2. The number of carbonyl (C=O) groups is 4. The Morgan fingerprint density at radius 1 is 0.912 bits per heavy atom. The van der Waals surface area contributed by atoms with Gasteiger partial charge in [-0.2, -0.15) is 0 Å². The molecule has 0 aromatic rings. The molecule has 4 aliphatic rings. The summed E-state index contributed by atoms with van der Waals surface area (Å²) in [5.74, 6) is -8.59. The minimum Gasteiger partial charge on any atom is -0.456 e. The number of carbonyl (C=O) groups excluding carboxylic acids is 4. The molecule has 0 spiro atoms. The number of hydrogen-bond acceptors (Lipinski definition) is 13. The molecule has 14 nitrogen and oxygen atoms in total. The number of piperidine rings is 1. The monoisotopic (exact) mass is 807 g/mol. The minimum absolute atomic E-state index is 0.0255. The third-order valence-electron chi connectivity index (χ3n) is 13.2. The molecule has 3 aliphatic heterocycles. The first kappa shape index (κ1) is 47.1. The van der Waals surface area contributed by atoms with Gasteiger partial charge in [0.1, 0.15) is 24.0 Å². The van der Waals surface area contributed by atoms with Crippen molar-refractivity contribution in [2.24, 2.45) is 29.6 Å². The summed E-state index contributed by atoms with van der Waals surface area (Å²) in [4.78, 5) is 57.7. The lowest BCUT2D eigenvalue weighted by atomic mass is 9.81. The van der Waals surface area contributed by atoms with Crippen LogP contribution in [0.15, 0.2) is 23.3 Å². The van der Waals surface area contributed by atoms with E-state index in [1.807, 2.05) is 19.9 Å². The van der Waals surface area contributed by atoms with Gasteiger partial charge in [-0.15, -0.1) is 0 Å². The predicted molar refractivity (Wildman–Crippen MR) is 209 cm³/mol. The Kier molecular flexibility index (Phi) is 17.0. The summed E-state index contributed by atoms with van der Waals surface area (Å²) in [5, 5.41) is 45.6. The fraction of sp³-hybridized carbons (Fsp3) is 0.814. The molecule has 1 saturated carbocycles. The molecule has 4 N–H and O–H groups in total. The highest BCUT2D eigenvalue weighted by Crippen LogP contribution is 2.39. The average Bonchev–Trinajstić information content (AvgIpc) is 3.20. The van der Waals surface area contributed by atoms with Crippen LogP contribution in [0.3, 0.4) is 0 Å². The van der Waals surface area contributed by atoms with Crippen LogP contribution in [0, 0.1) is 29.6 Å². The number of allylic oxidation sites excluding steroid dienone is 2. The number of aliphatic hydroxyl groups is 4. The first-order valence-electron chi connectivity index (χ1n) is 20.9.